The summed E-state index contributed by atoms with van der Waals surface area (Å²) in [4.78, 5) is 50.8. The Morgan fingerprint density at radius 3 is 2.21 bits per heavy atom. The first kappa shape index (κ1) is 31.6. The van der Waals surface area contributed by atoms with Crippen LogP contribution in [0.25, 0.3) is 0 Å². The van der Waals surface area contributed by atoms with Crippen LogP contribution in [0.4, 0.5) is 8.78 Å². The minimum Gasteiger partial charge on any atom is -0.462 e. The number of thioether (sulfide) groups is 1. The second kappa shape index (κ2) is 16.3. The summed E-state index contributed by atoms with van der Waals surface area (Å²) in [6.07, 6.45) is -1.78. The number of alkyl halides is 2. The molecule has 0 bridgehead atoms. The van der Waals surface area contributed by atoms with Gasteiger partial charge in [0.05, 0.1) is 32.5 Å². The quantitative estimate of drug-likeness (QED) is 0.106. The van der Waals surface area contributed by atoms with Gasteiger partial charge in [-0.1, -0.05) is 0 Å². The second-order valence-corrected chi connectivity index (χ2v) is 9.47. The highest BCUT2D eigenvalue weighted by molar-refractivity contribution is 7.99. The molecule has 0 radical (unpaired) electrons. The predicted octanol–water partition coefficient (Wildman–Crippen LogP) is -0.148. The van der Waals surface area contributed by atoms with Gasteiger partial charge in [-0.15, -0.1) is 0 Å². The van der Waals surface area contributed by atoms with Crippen molar-refractivity contribution >= 4 is 37.2 Å². The van der Waals surface area contributed by atoms with Crippen molar-refractivity contribution in [2.24, 2.45) is 5.73 Å². The molecule has 12 nitrogen and oxygen atoms in total. The van der Waals surface area contributed by atoms with E-state index in [2.05, 4.69) is 5.32 Å². The van der Waals surface area contributed by atoms with Crippen LogP contribution in [-0.2, 0) is 37.9 Å². The molecule has 0 aromatic rings. The van der Waals surface area contributed by atoms with Crippen molar-refractivity contribution in [2.75, 3.05) is 51.1 Å². The highest BCUT2D eigenvalue weighted by Crippen LogP contribution is 2.54. The molecule has 0 spiro atoms. The van der Waals surface area contributed by atoms with Crippen molar-refractivity contribution in [1.82, 2.24) is 5.32 Å². The summed E-state index contributed by atoms with van der Waals surface area (Å²) in [5.41, 5.74) is 1.64. The predicted molar refractivity (Wildman–Crippen MR) is 114 cm³/mol. The number of nitrogens with two attached hydrogens (primary N) is 1. The molecule has 0 saturated heterocycles. The van der Waals surface area contributed by atoms with Gasteiger partial charge in [0.2, 0.25) is 5.91 Å². The third kappa shape index (κ3) is 16.0. The molecule has 0 aliphatic rings. The molecular weight excluding hydrogens is 493 g/mol. The van der Waals surface area contributed by atoms with Gasteiger partial charge < -0.3 is 39.8 Å². The van der Waals surface area contributed by atoms with Gasteiger partial charge >= 0.3 is 25.2 Å². The molecule has 194 valence electrons. The summed E-state index contributed by atoms with van der Waals surface area (Å²) < 4.78 is 56.4. The highest BCUT2D eigenvalue weighted by Gasteiger charge is 2.47. The maximum absolute atomic E-state index is 13.0. The van der Waals surface area contributed by atoms with Crippen LogP contribution in [-0.4, -0.2) is 96.5 Å². The molecule has 0 unspecified atom stereocenters. The molecule has 5 N–H and O–H groups in total. The number of hydrogen-bond acceptors (Lipinski definition) is 10. The third-order valence-electron chi connectivity index (χ3n) is 3.63. The number of ether oxygens (including phenoxy) is 4. The number of hydrogen-bond donors (Lipinski definition) is 4. The number of carbonyl (C=O) groups excluding carboxylic acids is 3. The lowest BCUT2D eigenvalue weighted by Gasteiger charge is -2.18. The van der Waals surface area contributed by atoms with Gasteiger partial charge in [-0.25, -0.2) is 0 Å². The largest absolute Gasteiger partial charge is 0.462 e. The fourth-order valence-electron chi connectivity index (χ4n) is 2.00. The van der Waals surface area contributed by atoms with Crippen molar-refractivity contribution in [2.45, 2.75) is 38.1 Å². The van der Waals surface area contributed by atoms with Crippen LogP contribution in [0.15, 0.2) is 0 Å². The van der Waals surface area contributed by atoms with E-state index in [0.717, 1.165) is 0 Å². The summed E-state index contributed by atoms with van der Waals surface area (Å²) in [5, 5.41) is 2.55. The van der Waals surface area contributed by atoms with Crippen LogP contribution in [0.1, 0.15) is 20.3 Å². The van der Waals surface area contributed by atoms with Crippen molar-refractivity contribution < 1.29 is 56.5 Å². The number of amides is 1. The van der Waals surface area contributed by atoms with Crippen LogP contribution < -0.4 is 11.1 Å². The van der Waals surface area contributed by atoms with E-state index in [1.807, 2.05) is 0 Å². The molecule has 0 aliphatic heterocycles. The Balaban J connectivity index is 3.89. The Morgan fingerprint density at radius 1 is 1.06 bits per heavy atom. The smallest absolute Gasteiger partial charge is 0.394 e. The van der Waals surface area contributed by atoms with Crippen molar-refractivity contribution in [3.05, 3.63) is 0 Å². The zero-order chi connectivity index (χ0) is 25.5. The average Bonchev–Trinajstić information content (AvgIpc) is 2.68. The van der Waals surface area contributed by atoms with E-state index in [4.69, 9.17) is 34.5 Å². The van der Waals surface area contributed by atoms with Gasteiger partial charge in [-0.05, 0) is 0 Å². The Labute approximate surface area is 194 Å². The monoisotopic (exact) mass is 524 g/mol. The highest BCUT2D eigenvalue weighted by atomic mass is 32.2. The molecule has 0 rings (SSSR count). The standard InChI is InChI=1S/C17H31F2N2O10PS/c1-12(22)30-9-14(31-13(2)23)10-33-11-15(20)16(24)21-4-6-29-8-7-28-5-3-17(18,19)32(25,26)27/h14-15H,3-11,20H2,1-2H3,(H,21,24)(H2,25,26,27)/t14-,15+/m1/s1. The first-order valence-electron chi connectivity index (χ1n) is 9.77. The minimum atomic E-state index is -5.52. The Bertz CT molecular complexity index is 668. The topological polar surface area (TPSA) is 184 Å². The lowest BCUT2D eigenvalue weighted by molar-refractivity contribution is -0.154. The summed E-state index contributed by atoms with van der Waals surface area (Å²) in [6, 6.07) is -0.847. The number of halogens is 2. The fourth-order valence-corrected chi connectivity index (χ4v) is 3.35. The zero-order valence-corrected chi connectivity index (χ0v) is 20.1. The molecule has 0 heterocycles. The molecule has 0 aromatic heterocycles. The van der Waals surface area contributed by atoms with E-state index in [0.29, 0.717) is 0 Å². The maximum atomic E-state index is 13.0. The number of rotatable bonds is 18. The van der Waals surface area contributed by atoms with Gasteiger partial charge in [0.25, 0.3) is 0 Å². The lowest BCUT2D eigenvalue weighted by atomic mass is 10.3. The molecule has 0 fully saturated rings. The van der Waals surface area contributed by atoms with Crippen LogP contribution >= 0.6 is 19.4 Å². The molecule has 16 heteroatoms. The second-order valence-electron chi connectivity index (χ2n) is 6.65. The molecule has 1 amide bonds. The van der Waals surface area contributed by atoms with E-state index < -0.39 is 56.3 Å². The summed E-state index contributed by atoms with van der Waals surface area (Å²) in [6.45, 7) is 1.99. The summed E-state index contributed by atoms with van der Waals surface area (Å²) in [7, 11) is -5.52. The van der Waals surface area contributed by atoms with Crippen LogP contribution in [0.2, 0.25) is 0 Å². The van der Waals surface area contributed by atoms with Crippen molar-refractivity contribution in [3.63, 3.8) is 0 Å². The van der Waals surface area contributed by atoms with Gasteiger partial charge in [0.1, 0.15) is 12.7 Å². The zero-order valence-electron chi connectivity index (χ0n) is 18.4. The molecule has 33 heavy (non-hydrogen) atoms. The maximum Gasteiger partial charge on any atom is 0.394 e. The van der Waals surface area contributed by atoms with E-state index in [1.54, 1.807) is 0 Å². The normalized spacial score (nSPS) is 13.8. The van der Waals surface area contributed by atoms with E-state index in [1.165, 1.54) is 25.6 Å². The summed E-state index contributed by atoms with van der Waals surface area (Å²) >= 11 is 1.25. The molecule has 0 saturated carbocycles. The van der Waals surface area contributed by atoms with Gasteiger partial charge in [0, 0.05) is 38.3 Å². The van der Waals surface area contributed by atoms with Crippen molar-refractivity contribution in [3.8, 4) is 0 Å². The first-order valence-corrected chi connectivity index (χ1v) is 12.5. The van der Waals surface area contributed by atoms with Gasteiger partial charge in [0.15, 0.2) is 0 Å². The number of nitrogens with one attached hydrogen (secondary N) is 1. The van der Waals surface area contributed by atoms with E-state index >= 15 is 0 Å². The Morgan fingerprint density at radius 2 is 1.67 bits per heavy atom. The van der Waals surface area contributed by atoms with E-state index in [9.17, 15) is 27.7 Å². The SMILES string of the molecule is CC(=O)OC[C@H](CSC[C@H](N)C(=O)NCCOCCOCCC(F)(F)P(=O)(O)O)OC(C)=O. The number of carbonyl (C=O) groups is 3. The lowest BCUT2D eigenvalue weighted by Crippen LogP contribution is -2.43. The third-order valence-corrected chi connectivity index (χ3v) is 5.91. The van der Waals surface area contributed by atoms with Gasteiger partial charge in [-0.2, -0.15) is 20.5 Å². The number of esters is 2. The van der Waals surface area contributed by atoms with E-state index in [-0.39, 0.29) is 44.5 Å². The first-order chi connectivity index (χ1) is 15.3. The molecular formula is C17H31F2N2O10PS. The Hall–Kier alpha value is -1.35. The van der Waals surface area contributed by atoms with Crippen molar-refractivity contribution in [1.29, 1.82) is 0 Å². The summed E-state index contributed by atoms with van der Waals surface area (Å²) in [5.74, 6) is -0.983. The molecule has 0 aromatic carbocycles. The average molecular weight is 524 g/mol. The van der Waals surface area contributed by atoms with Gasteiger partial charge in [-0.3, -0.25) is 18.9 Å². The molecule has 0 aliphatic carbocycles. The van der Waals surface area contributed by atoms with Crippen LogP contribution in [0, 0.1) is 0 Å². The minimum absolute atomic E-state index is 0.0269. The van der Waals surface area contributed by atoms with Crippen LogP contribution in [0.5, 0.6) is 0 Å². The fraction of sp³-hybridized carbons (Fsp3) is 0.824. The van der Waals surface area contributed by atoms with Crippen LogP contribution in [0.3, 0.4) is 0 Å². The Kier molecular flexibility index (Phi) is 15.6. The molecule has 2 atom stereocenters.